The largest absolute Gasteiger partial charge is 0.353 e. The topological polar surface area (TPSA) is 18.5 Å². The summed E-state index contributed by atoms with van der Waals surface area (Å²) in [4.78, 5) is 0. The first-order valence-electron chi connectivity index (χ1n) is 5.34. The molecule has 1 unspecified atom stereocenters. The van der Waals surface area contributed by atoms with Crippen molar-refractivity contribution in [2.75, 3.05) is 13.2 Å². The first-order chi connectivity index (χ1) is 6.11. The van der Waals surface area contributed by atoms with Gasteiger partial charge in [0.25, 0.3) is 0 Å². The van der Waals surface area contributed by atoms with Gasteiger partial charge in [0.15, 0.2) is 6.29 Å². The van der Waals surface area contributed by atoms with E-state index < -0.39 is 0 Å². The van der Waals surface area contributed by atoms with Crippen LogP contribution >= 0.6 is 0 Å². The number of hydrogen-bond acceptors (Lipinski definition) is 2. The van der Waals surface area contributed by atoms with Crippen molar-refractivity contribution in [2.45, 2.75) is 47.3 Å². The number of ether oxygens (including phenoxy) is 2. The second-order valence-electron chi connectivity index (χ2n) is 3.89. The highest BCUT2D eigenvalue weighted by Gasteiger charge is 2.18. The van der Waals surface area contributed by atoms with Crippen molar-refractivity contribution < 1.29 is 9.47 Å². The Bertz CT molecular complexity index is 107. The molecule has 0 aliphatic rings. The zero-order valence-electron chi connectivity index (χ0n) is 9.67. The van der Waals surface area contributed by atoms with Crippen LogP contribution in [0.25, 0.3) is 0 Å². The van der Waals surface area contributed by atoms with E-state index in [0.717, 1.165) is 19.6 Å². The summed E-state index contributed by atoms with van der Waals surface area (Å²) in [6, 6.07) is 0. The normalized spacial score (nSPS) is 14.1. The Hall–Kier alpha value is -0.0800. The predicted molar refractivity (Wildman–Crippen MR) is 55.7 cm³/mol. The van der Waals surface area contributed by atoms with Gasteiger partial charge in [0.05, 0.1) is 0 Å². The van der Waals surface area contributed by atoms with Gasteiger partial charge in [-0.1, -0.05) is 20.8 Å². The van der Waals surface area contributed by atoms with Crippen LogP contribution in [-0.4, -0.2) is 19.5 Å². The van der Waals surface area contributed by atoms with Crippen LogP contribution in [0, 0.1) is 11.8 Å². The van der Waals surface area contributed by atoms with Crippen molar-refractivity contribution in [3.05, 3.63) is 0 Å². The lowest BCUT2D eigenvalue weighted by molar-refractivity contribution is -0.166. The summed E-state index contributed by atoms with van der Waals surface area (Å²) in [5.74, 6) is 1.19. The van der Waals surface area contributed by atoms with Crippen LogP contribution in [-0.2, 0) is 9.47 Å². The number of hydrogen-bond donors (Lipinski definition) is 0. The van der Waals surface area contributed by atoms with E-state index in [9.17, 15) is 0 Å². The standard InChI is InChI=1S/C11H24O2/c1-6-12-11(13-7-2)10(5)8-9(3)4/h9-11H,6-8H2,1-5H3. The van der Waals surface area contributed by atoms with E-state index in [4.69, 9.17) is 9.47 Å². The zero-order valence-corrected chi connectivity index (χ0v) is 9.67. The van der Waals surface area contributed by atoms with Gasteiger partial charge in [-0.2, -0.15) is 0 Å². The summed E-state index contributed by atoms with van der Waals surface area (Å²) < 4.78 is 11.0. The number of rotatable bonds is 7. The van der Waals surface area contributed by atoms with E-state index in [1.54, 1.807) is 0 Å². The van der Waals surface area contributed by atoms with Gasteiger partial charge in [-0.25, -0.2) is 0 Å². The fourth-order valence-corrected chi connectivity index (χ4v) is 1.56. The van der Waals surface area contributed by atoms with Crippen LogP contribution in [0.1, 0.15) is 41.0 Å². The molecule has 0 bridgehead atoms. The van der Waals surface area contributed by atoms with Crippen molar-refractivity contribution in [1.29, 1.82) is 0 Å². The Labute approximate surface area is 82.6 Å². The minimum absolute atomic E-state index is 0.0163. The van der Waals surface area contributed by atoms with Crippen LogP contribution in [0.5, 0.6) is 0 Å². The molecule has 0 amide bonds. The highest BCUT2D eigenvalue weighted by Crippen LogP contribution is 2.18. The molecule has 0 radical (unpaired) electrons. The Kier molecular flexibility index (Phi) is 7.29. The molecule has 0 N–H and O–H groups in total. The first-order valence-corrected chi connectivity index (χ1v) is 5.34. The zero-order chi connectivity index (χ0) is 10.3. The lowest BCUT2D eigenvalue weighted by Gasteiger charge is -2.24. The summed E-state index contributed by atoms with van der Waals surface area (Å²) in [6.45, 7) is 12.1. The quantitative estimate of drug-likeness (QED) is 0.572. The highest BCUT2D eigenvalue weighted by atomic mass is 16.7. The molecule has 80 valence electrons. The molecule has 0 fully saturated rings. The molecule has 0 rings (SSSR count). The lowest BCUT2D eigenvalue weighted by atomic mass is 9.98. The minimum Gasteiger partial charge on any atom is -0.353 e. The van der Waals surface area contributed by atoms with Gasteiger partial charge in [0.2, 0.25) is 0 Å². The second kappa shape index (κ2) is 7.34. The molecule has 2 heteroatoms. The van der Waals surface area contributed by atoms with E-state index >= 15 is 0 Å². The van der Waals surface area contributed by atoms with Crippen molar-refractivity contribution >= 4 is 0 Å². The Morgan fingerprint density at radius 1 is 0.923 bits per heavy atom. The first kappa shape index (κ1) is 12.9. The van der Waals surface area contributed by atoms with Crippen LogP contribution in [0.3, 0.4) is 0 Å². The molecule has 0 aromatic carbocycles. The Balaban J connectivity index is 3.86. The molecule has 0 spiro atoms. The maximum absolute atomic E-state index is 5.52. The van der Waals surface area contributed by atoms with Crippen LogP contribution < -0.4 is 0 Å². The van der Waals surface area contributed by atoms with Gasteiger partial charge < -0.3 is 9.47 Å². The van der Waals surface area contributed by atoms with Crippen molar-refractivity contribution in [3.8, 4) is 0 Å². The average Bonchev–Trinajstić information content (AvgIpc) is 2.02. The SMILES string of the molecule is CCOC(OCC)C(C)CC(C)C. The molecule has 0 aliphatic heterocycles. The van der Waals surface area contributed by atoms with E-state index in [0.29, 0.717) is 11.8 Å². The maximum Gasteiger partial charge on any atom is 0.160 e. The van der Waals surface area contributed by atoms with Gasteiger partial charge in [-0.3, -0.25) is 0 Å². The van der Waals surface area contributed by atoms with Crippen LogP contribution in [0.15, 0.2) is 0 Å². The monoisotopic (exact) mass is 188 g/mol. The van der Waals surface area contributed by atoms with Gasteiger partial charge in [-0.15, -0.1) is 0 Å². The van der Waals surface area contributed by atoms with Crippen LogP contribution in [0.4, 0.5) is 0 Å². The van der Waals surface area contributed by atoms with Crippen molar-refractivity contribution in [1.82, 2.24) is 0 Å². The molecule has 0 saturated carbocycles. The summed E-state index contributed by atoms with van der Waals surface area (Å²) in [5, 5.41) is 0. The molecular formula is C11H24O2. The molecule has 13 heavy (non-hydrogen) atoms. The van der Waals surface area contributed by atoms with Gasteiger partial charge in [0.1, 0.15) is 0 Å². The lowest BCUT2D eigenvalue weighted by Crippen LogP contribution is -2.26. The van der Waals surface area contributed by atoms with Crippen LogP contribution in [0.2, 0.25) is 0 Å². The van der Waals surface area contributed by atoms with E-state index in [1.807, 2.05) is 13.8 Å². The van der Waals surface area contributed by atoms with Crippen molar-refractivity contribution in [2.24, 2.45) is 11.8 Å². The van der Waals surface area contributed by atoms with E-state index in [-0.39, 0.29) is 6.29 Å². The molecule has 2 nitrogen and oxygen atoms in total. The van der Waals surface area contributed by atoms with Crippen molar-refractivity contribution in [3.63, 3.8) is 0 Å². The van der Waals surface area contributed by atoms with Gasteiger partial charge in [0, 0.05) is 19.1 Å². The Morgan fingerprint density at radius 2 is 1.38 bits per heavy atom. The fourth-order valence-electron chi connectivity index (χ4n) is 1.56. The molecule has 1 atom stereocenters. The second-order valence-corrected chi connectivity index (χ2v) is 3.89. The maximum atomic E-state index is 5.52. The molecule has 0 saturated heterocycles. The third-order valence-corrected chi connectivity index (χ3v) is 1.97. The van der Waals surface area contributed by atoms with E-state index in [2.05, 4.69) is 20.8 Å². The molecule has 0 heterocycles. The van der Waals surface area contributed by atoms with Gasteiger partial charge >= 0.3 is 0 Å². The highest BCUT2D eigenvalue weighted by molar-refractivity contribution is 4.60. The summed E-state index contributed by atoms with van der Waals surface area (Å²) >= 11 is 0. The Morgan fingerprint density at radius 3 is 1.69 bits per heavy atom. The summed E-state index contributed by atoms with van der Waals surface area (Å²) in [5.41, 5.74) is 0. The summed E-state index contributed by atoms with van der Waals surface area (Å²) in [6.07, 6.45) is 1.14. The summed E-state index contributed by atoms with van der Waals surface area (Å²) in [7, 11) is 0. The minimum atomic E-state index is -0.0163. The average molecular weight is 188 g/mol. The fraction of sp³-hybridized carbons (Fsp3) is 1.00. The molecule has 0 aromatic heterocycles. The molecular weight excluding hydrogens is 164 g/mol. The third kappa shape index (κ3) is 6.05. The van der Waals surface area contributed by atoms with E-state index in [1.165, 1.54) is 0 Å². The molecule has 0 aliphatic carbocycles. The predicted octanol–water partition coefficient (Wildman–Crippen LogP) is 3.07. The third-order valence-electron chi connectivity index (χ3n) is 1.97. The van der Waals surface area contributed by atoms with Gasteiger partial charge in [-0.05, 0) is 26.2 Å². The molecule has 0 aromatic rings. The smallest absolute Gasteiger partial charge is 0.160 e.